The molecule has 0 aromatic heterocycles. The molecule has 2 unspecified atom stereocenters. The van der Waals surface area contributed by atoms with Crippen LogP contribution in [-0.2, 0) is 4.79 Å². The van der Waals surface area contributed by atoms with Gasteiger partial charge >= 0.3 is 0 Å². The fraction of sp³-hybridized carbons (Fsp3) is 0.938. The first-order valence-corrected chi connectivity index (χ1v) is 8.32. The maximum atomic E-state index is 12.6. The van der Waals surface area contributed by atoms with Gasteiger partial charge in [0.15, 0.2) is 0 Å². The molecular formula is C16H31N3O. The summed E-state index contributed by atoms with van der Waals surface area (Å²) in [7, 11) is 0. The smallest absolute Gasteiger partial charge is 0.227 e. The topological polar surface area (TPSA) is 44.4 Å². The average Bonchev–Trinajstić information content (AvgIpc) is 3.10. The Morgan fingerprint density at radius 1 is 1.35 bits per heavy atom. The Balaban J connectivity index is 1.89. The van der Waals surface area contributed by atoms with Crippen molar-refractivity contribution in [1.29, 1.82) is 0 Å². The zero-order valence-corrected chi connectivity index (χ0v) is 13.4. The lowest BCUT2D eigenvalue weighted by Crippen LogP contribution is -2.50. The molecule has 2 rings (SSSR count). The van der Waals surface area contributed by atoms with Crippen molar-refractivity contribution in [3.63, 3.8) is 0 Å². The molecule has 4 heteroatoms. The molecule has 2 saturated heterocycles. The zero-order valence-electron chi connectivity index (χ0n) is 13.4. The van der Waals surface area contributed by atoms with E-state index in [0.29, 0.717) is 12.0 Å². The van der Waals surface area contributed by atoms with Gasteiger partial charge in [-0.3, -0.25) is 9.69 Å². The van der Waals surface area contributed by atoms with E-state index < -0.39 is 0 Å². The predicted molar refractivity (Wildman–Crippen MR) is 82.7 cm³/mol. The van der Waals surface area contributed by atoms with E-state index in [2.05, 4.69) is 36.3 Å². The highest BCUT2D eigenvalue weighted by Crippen LogP contribution is 2.29. The molecule has 2 N–H and O–H groups in total. The molecule has 0 radical (unpaired) electrons. The third-order valence-electron chi connectivity index (χ3n) is 5.25. The Bertz CT molecular complexity index is 318. The Morgan fingerprint density at radius 2 is 2.05 bits per heavy atom. The van der Waals surface area contributed by atoms with E-state index in [1.807, 2.05) is 0 Å². The van der Waals surface area contributed by atoms with Gasteiger partial charge in [0.05, 0.1) is 5.41 Å². The molecule has 0 bridgehead atoms. The molecule has 0 spiro atoms. The predicted octanol–water partition coefficient (Wildman–Crippen LogP) is 1.61. The normalized spacial score (nSPS) is 29.0. The molecular weight excluding hydrogens is 250 g/mol. The maximum Gasteiger partial charge on any atom is 0.227 e. The number of likely N-dealkylation sites (tertiary alicyclic amines) is 1. The van der Waals surface area contributed by atoms with E-state index in [-0.39, 0.29) is 11.3 Å². The first-order valence-electron chi connectivity index (χ1n) is 8.32. The molecule has 4 nitrogen and oxygen atoms in total. The second-order valence-corrected chi connectivity index (χ2v) is 6.83. The number of hydrogen-bond acceptors (Lipinski definition) is 3. The molecule has 2 aliphatic heterocycles. The fourth-order valence-corrected chi connectivity index (χ4v) is 3.64. The van der Waals surface area contributed by atoms with Crippen molar-refractivity contribution in [2.75, 3.05) is 32.7 Å². The fourth-order valence-electron chi connectivity index (χ4n) is 3.64. The highest BCUT2D eigenvalue weighted by atomic mass is 16.2. The number of carbonyl (C=O) groups is 1. The van der Waals surface area contributed by atoms with Crippen molar-refractivity contribution in [3.05, 3.63) is 0 Å². The minimum atomic E-state index is -0.160. The van der Waals surface area contributed by atoms with E-state index in [0.717, 1.165) is 32.5 Å². The van der Waals surface area contributed by atoms with Crippen molar-refractivity contribution in [2.45, 2.75) is 52.5 Å². The first kappa shape index (κ1) is 15.8. The summed E-state index contributed by atoms with van der Waals surface area (Å²) in [5.74, 6) is 0.850. The highest BCUT2D eigenvalue weighted by Gasteiger charge is 2.39. The molecule has 0 aromatic carbocycles. The molecule has 2 fully saturated rings. The Kier molecular flexibility index (Phi) is 5.44. The van der Waals surface area contributed by atoms with Crippen LogP contribution in [0.1, 0.15) is 46.5 Å². The van der Waals surface area contributed by atoms with E-state index in [1.165, 1.54) is 25.9 Å². The van der Waals surface area contributed by atoms with Crippen molar-refractivity contribution >= 4 is 5.91 Å². The molecule has 2 heterocycles. The number of amides is 1. The SMILES string of the molecule is CCC1(C(=O)NCC(C(C)C)N2CCCC2)CCNC1. The van der Waals surface area contributed by atoms with Gasteiger partial charge in [-0.15, -0.1) is 0 Å². The Labute approximate surface area is 123 Å². The van der Waals surface area contributed by atoms with Crippen LogP contribution in [0, 0.1) is 11.3 Å². The lowest BCUT2D eigenvalue weighted by molar-refractivity contribution is -0.130. The molecule has 0 aromatic rings. The van der Waals surface area contributed by atoms with Crippen molar-refractivity contribution in [1.82, 2.24) is 15.5 Å². The summed E-state index contributed by atoms with van der Waals surface area (Å²) in [6.07, 6.45) is 4.52. The monoisotopic (exact) mass is 281 g/mol. The number of hydrogen-bond donors (Lipinski definition) is 2. The van der Waals surface area contributed by atoms with Gasteiger partial charge in [-0.05, 0) is 51.2 Å². The van der Waals surface area contributed by atoms with Crippen LogP contribution >= 0.6 is 0 Å². The van der Waals surface area contributed by atoms with Crippen molar-refractivity contribution < 1.29 is 4.79 Å². The van der Waals surface area contributed by atoms with Crippen LogP contribution in [-0.4, -0.2) is 49.6 Å². The number of nitrogens with zero attached hydrogens (tertiary/aromatic N) is 1. The largest absolute Gasteiger partial charge is 0.354 e. The number of nitrogens with one attached hydrogen (secondary N) is 2. The minimum Gasteiger partial charge on any atom is -0.354 e. The van der Waals surface area contributed by atoms with E-state index in [1.54, 1.807) is 0 Å². The summed E-state index contributed by atoms with van der Waals surface area (Å²) < 4.78 is 0. The molecule has 116 valence electrons. The zero-order chi connectivity index (χ0) is 14.6. The number of rotatable bonds is 6. The van der Waals surface area contributed by atoms with Gasteiger partial charge in [0, 0.05) is 19.1 Å². The van der Waals surface area contributed by atoms with Gasteiger partial charge in [-0.2, -0.15) is 0 Å². The summed E-state index contributed by atoms with van der Waals surface area (Å²) in [4.78, 5) is 15.1. The lowest BCUT2D eigenvalue weighted by atomic mass is 9.83. The third-order valence-corrected chi connectivity index (χ3v) is 5.25. The summed E-state index contributed by atoms with van der Waals surface area (Å²) in [6, 6.07) is 0.490. The summed E-state index contributed by atoms with van der Waals surface area (Å²) >= 11 is 0. The van der Waals surface area contributed by atoms with Gasteiger partial charge in [-0.1, -0.05) is 20.8 Å². The van der Waals surface area contributed by atoms with Crippen LogP contribution in [0.25, 0.3) is 0 Å². The Hall–Kier alpha value is -0.610. The molecule has 2 atom stereocenters. The molecule has 20 heavy (non-hydrogen) atoms. The average molecular weight is 281 g/mol. The van der Waals surface area contributed by atoms with Gasteiger partial charge in [0.1, 0.15) is 0 Å². The minimum absolute atomic E-state index is 0.160. The molecule has 2 aliphatic rings. The standard InChI is InChI=1S/C16H31N3O/c1-4-16(7-8-17-12-16)15(20)18-11-14(13(2)3)19-9-5-6-10-19/h13-14,17H,4-12H2,1-3H3,(H,18,20). The van der Waals surface area contributed by atoms with Crippen LogP contribution in [0.5, 0.6) is 0 Å². The Morgan fingerprint density at radius 3 is 2.55 bits per heavy atom. The molecule has 1 amide bonds. The van der Waals surface area contributed by atoms with E-state index in [9.17, 15) is 4.79 Å². The van der Waals surface area contributed by atoms with Gasteiger partial charge in [0.25, 0.3) is 0 Å². The van der Waals surface area contributed by atoms with Crippen LogP contribution in [0.2, 0.25) is 0 Å². The molecule has 0 saturated carbocycles. The van der Waals surface area contributed by atoms with Gasteiger partial charge in [-0.25, -0.2) is 0 Å². The van der Waals surface area contributed by atoms with Crippen LogP contribution in [0.15, 0.2) is 0 Å². The summed E-state index contributed by atoms with van der Waals surface area (Å²) in [6.45, 7) is 11.7. The summed E-state index contributed by atoms with van der Waals surface area (Å²) in [5, 5.41) is 6.59. The third kappa shape index (κ3) is 3.34. The van der Waals surface area contributed by atoms with Crippen LogP contribution < -0.4 is 10.6 Å². The van der Waals surface area contributed by atoms with Crippen LogP contribution in [0.4, 0.5) is 0 Å². The van der Waals surface area contributed by atoms with Crippen LogP contribution in [0.3, 0.4) is 0 Å². The molecule has 0 aliphatic carbocycles. The second kappa shape index (κ2) is 6.90. The number of carbonyl (C=O) groups excluding carboxylic acids is 1. The van der Waals surface area contributed by atoms with Gasteiger partial charge in [0.2, 0.25) is 5.91 Å². The first-order chi connectivity index (χ1) is 9.59. The maximum absolute atomic E-state index is 12.6. The highest BCUT2D eigenvalue weighted by molar-refractivity contribution is 5.83. The summed E-state index contributed by atoms with van der Waals surface area (Å²) in [5.41, 5.74) is -0.160. The quantitative estimate of drug-likeness (QED) is 0.777. The van der Waals surface area contributed by atoms with Crippen molar-refractivity contribution in [2.24, 2.45) is 11.3 Å². The lowest BCUT2D eigenvalue weighted by Gasteiger charge is -2.33. The van der Waals surface area contributed by atoms with E-state index >= 15 is 0 Å². The van der Waals surface area contributed by atoms with E-state index in [4.69, 9.17) is 0 Å². The van der Waals surface area contributed by atoms with Crippen molar-refractivity contribution in [3.8, 4) is 0 Å². The van der Waals surface area contributed by atoms with Gasteiger partial charge < -0.3 is 10.6 Å². The second-order valence-electron chi connectivity index (χ2n) is 6.83.